The summed E-state index contributed by atoms with van der Waals surface area (Å²) in [6, 6.07) is 15.2. The maximum absolute atomic E-state index is 12.2. The number of rotatable bonds is 6. The molecule has 2 aromatic carbocycles. The lowest BCUT2D eigenvalue weighted by Gasteiger charge is -2.30. The molecule has 1 atom stereocenters. The Kier molecular flexibility index (Phi) is 5.81. The number of carbonyl (C=O) groups excluding carboxylic acids is 1. The summed E-state index contributed by atoms with van der Waals surface area (Å²) in [5, 5.41) is 22.1. The van der Waals surface area contributed by atoms with E-state index in [9.17, 15) is 9.90 Å². The summed E-state index contributed by atoms with van der Waals surface area (Å²) in [5.41, 5.74) is 3.88. The predicted octanol–water partition coefficient (Wildman–Crippen LogP) is 1.33. The van der Waals surface area contributed by atoms with Crippen LogP contribution in [0.4, 0.5) is 0 Å². The van der Waals surface area contributed by atoms with Crippen LogP contribution >= 0.6 is 0 Å². The van der Waals surface area contributed by atoms with Crippen LogP contribution in [-0.4, -0.2) is 46.8 Å². The molecule has 1 heterocycles. The number of aliphatic hydroxyl groups is 2. The van der Waals surface area contributed by atoms with E-state index in [0.717, 1.165) is 19.5 Å². The second-order valence-corrected chi connectivity index (χ2v) is 6.48. The molecule has 0 bridgehead atoms. The van der Waals surface area contributed by atoms with Gasteiger partial charge in [0, 0.05) is 31.7 Å². The highest BCUT2D eigenvalue weighted by molar-refractivity contribution is 5.94. The number of nitrogens with one attached hydrogen (secondary N) is 1. The van der Waals surface area contributed by atoms with E-state index in [1.807, 2.05) is 6.07 Å². The molecule has 3 rings (SSSR count). The van der Waals surface area contributed by atoms with Gasteiger partial charge in [-0.2, -0.15) is 0 Å². The number of amides is 1. The van der Waals surface area contributed by atoms with Crippen molar-refractivity contribution in [3.63, 3.8) is 0 Å². The van der Waals surface area contributed by atoms with Gasteiger partial charge in [-0.1, -0.05) is 36.4 Å². The minimum Gasteiger partial charge on any atom is -0.392 e. The molecule has 0 radical (unpaired) electrons. The summed E-state index contributed by atoms with van der Waals surface area (Å²) in [7, 11) is 0. The van der Waals surface area contributed by atoms with Crippen molar-refractivity contribution in [1.82, 2.24) is 10.2 Å². The van der Waals surface area contributed by atoms with Gasteiger partial charge >= 0.3 is 0 Å². The first-order valence-corrected chi connectivity index (χ1v) is 8.61. The van der Waals surface area contributed by atoms with E-state index >= 15 is 0 Å². The number of benzene rings is 2. The Bertz CT molecular complexity index is 732. The number of aliphatic hydroxyl groups excluding tert-OH is 2. The van der Waals surface area contributed by atoms with Gasteiger partial charge in [0.25, 0.3) is 5.91 Å². The molecule has 2 aromatic rings. The van der Waals surface area contributed by atoms with Crippen LogP contribution in [0.1, 0.15) is 27.0 Å². The van der Waals surface area contributed by atoms with Crippen LogP contribution in [0.15, 0.2) is 48.5 Å². The van der Waals surface area contributed by atoms with Crippen LogP contribution in [0.3, 0.4) is 0 Å². The molecule has 1 unspecified atom stereocenters. The summed E-state index contributed by atoms with van der Waals surface area (Å²) < 4.78 is 0. The molecule has 0 spiro atoms. The lowest BCUT2D eigenvalue weighted by Crippen LogP contribution is -2.42. The third kappa shape index (κ3) is 4.66. The molecule has 0 fully saturated rings. The van der Waals surface area contributed by atoms with Crippen LogP contribution in [0.5, 0.6) is 0 Å². The van der Waals surface area contributed by atoms with E-state index in [1.54, 1.807) is 24.3 Å². The molecular weight excluding hydrogens is 316 g/mol. The number of β-amino-alcohol motifs (C(OH)–C–C–N with tert-alkyl or cyclic N) is 1. The van der Waals surface area contributed by atoms with Crippen LogP contribution in [0.2, 0.25) is 0 Å². The van der Waals surface area contributed by atoms with Gasteiger partial charge in [0.2, 0.25) is 0 Å². The van der Waals surface area contributed by atoms with E-state index in [2.05, 4.69) is 28.4 Å². The Morgan fingerprint density at radius 1 is 1.16 bits per heavy atom. The van der Waals surface area contributed by atoms with Gasteiger partial charge in [0.15, 0.2) is 0 Å². The van der Waals surface area contributed by atoms with Gasteiger partial charge in [0.05, 0.1) is 12.7 Å². The fraction of sp³-hybridized carbons (Fsp3) is 0.350. The lowest BCUT2D eigenvalue weighted by atomic mass is 10.00. The zero-order chi connectivity index (χ0) is 17.6. The average molecular weight is 340 g/mol. The smallest absolute Gasteiger partial charge is 0.251 e. The fourth-order valence-electron chi connectivity index (χ4n) is 3.20. The fourth-order valence-corrected chi connectivity index (χ4v) is 3.20. The lowest BCUT2D eigenvalue weighted by molar-refractivity contribution is 0.0841. The Labute approximate surface area is 147 Å². The summed E-state index contributed by atoms with van der Waals surface area (Å²) in [6.45, 7) is 2.39. The molecule has 0 saturated carbocycles. The van der Waals surface area contributed by atoms with Gasteiger partial charge in [-0.3, -0.25) is 9.69 Å². The van der Waals surface area contributed by atoms with Crippen LogP contribution < -0.4 is 5.32 Å². The molecule has 1 amide bonds. The third-order valence-corrected chi connectivity index (χ3v) is 4.55. The van der Waals surface area contributed by atoms with Crippen LogP contribution in [0.25, 0.3) is 0 Å². The zero-order valence-electron chi connectivity index (χ0n) is 14.2. The van der Waals surface area contributed by atoms with Gasteiger partial charge in [-0.25, -0.2) is 0 Å². The average Bonchev–Trinajstić information content (AvgIpc) is 2.66. The van der Waals surface area contributed by atoms with Gasteiger partial charge in [-0.05, 0) is 35.2 Å². The van der Waals surface area contributed by atoms with E-state index in [-0.39, 0.29) is 19.1 Å². The quantitative estimate of drug-likeness (QED) is 0.742. The Morgan fingerprint density at radius 3 is 2.76 bits per heavy atom. The predicted molar refractivity (Wildman–Crippen MR) is 96.1 cm³/mol. The molecule has 25 heavy (non-hydrogen) atoms. The van der Waals surface area contributed by atoms with Crippen molar-refractivity contribution in [2.45, 2.75) is 25.7 Å². The van der Waals surface area contributed by atoms with Crippen molar-refractivity contribution >= 4 is 5.91 Å². The highest BCUT2D eigenvalue weighted by atomic mass is 16.3. The normalized spacial score (nSPS) is 15.4. The van der Waals surface area contributed by atoms with Gasteiger partial charge < -0.3 is 15.5 Å². The first-order valence-electron chi connectivity index (χ1n) is 8.61. The summed E-state index contributed by atoms with van der Waals surface area (Å²) in [5.74, 6) is -0.238. The zero-order valence-corrected chi connectivity index (χ0v) is 14.2. The molecule has 3 N–H and O–H groups in total. The van der Waals surface area contributed by atoms with Crippen molar-refractivity contribution in [2.75, 3.05) is 19.6 Å². The largest absolute Gasteiger partial charge is 0.392 e. The molecule has 0 aliphatic carbocycles. The molecule has 1 aliphatic heterocycles. The van der Waals surface area contributed by atoms with Crippen LogP contribution in [-0.2, 0) is 19.6 Å². The summed E-state index contributed by atoms with van der Waals surface area (Å²) in [6.07, 6.45) is 0.374. The molecular formula is C20H24N2O3. The van der Waals surface area contributed by atoms with E-state index < -0.39 is 6.10 Å². The van der Waals surface area contributed by atoms with Crippen molar-refractivity contribution in [1.29, 1.82) is 0 Å². The van der Waals surface area contributed by atoms with Gasteiger partial charge in [0.1, 0.15) is 0 Å². The minimum atomic E-state index is -0.616. The number of fused-ring (bicyclic) bond motifs is 1. The second kappa shape index (κ2) is 8.25. The highest BCUT2D eigenvalue weighted by Crippen LogP contribution is 2.18. The van der Waals surface area contributed by atoms with Crippen molar-refractivity contribution in [3.05, 3.63) is 70.8 Å². The van der Waals surface area contributed by atoms with E-state index in [1.165, 1.54) is 11.1 Å². The van der Waals surface area contributed by atoms with Crippen molar-refractivity contribution in [2.24, 2.45) is 0 Å². The monoisotopic (exact) mass is 340 g/mol. The topological polar surface area (TPSA) is 72.8 Å². The number of hydrogen-bond acceptors (Lipinski definition) is 4. The summed E-state index contributed by atoms with van der Waals surface area (Å²) in [4.78, 5) is 14.4. The van der Waals surface area contributed by atoms with E-state index in [0.29, 0.717) is 17.7 Å². The van der Waals surface area contributed by atoms with Crippen LogP contribution in [0, 0.1) is 0 Å². The standard InChI is InChI=1S/C20H24N2O3/c23-14-15-4-3-7-17(10-15)20(25)21-11-19(24)13-22-9-8-16-5-1-2-6-18(16)12-22/h1-7,10,19,23-24H,8-9,11-14H2,(H,21,25). The Hall–Kier alpha value is -2.21. The highest BCUT2D eigenvalue weighted by Gasteiger charge is 2.18. The second-order valence-electron chi connectivity index (χ2n) is 6.48. The molecule has 132 valence electrons. The van der Waals surface area contributed by atoms with Gasteiger partial charge in [-0.15, -0.1) is 0 Å². The Morgan fingerprint density at radius 2 is 1.96 bits per heavy atom. The molecule has 5 nitrogen and oxygen atoms in total. The van der Waals surface area contributed by atoms with E-state index in [4.69, 9.17) is 5.11 Å². The molecule has 0 saturated heterocycles. The summed E-state index contributed by atoms with van der Waals surface area (Å²) >= 11 is 0. The maximum atomic E-state index is 12.2. The number of nitrogens with zero attached hydrogens (tertiary/aromatic N) is 1. The first-order chi connectivity index (χ1) is 12.2. The minimum absolute atomic E-state index is 0.0970. The first kappa shape index (κ1) is 17.6. The molecule has 1 aliphatic rings. The van der Waals surface area contributed by atoms with Crippen molar-refractivity contribution in [3.8, 4) is 0 Å². The maximum Gasteiger partial charge on any atom is 0.251 e. The molecule has 0 aromatic heterocycles. The number of carbonyl (C=O) groups is 1. The third-order valence-electron chi connectivity index (χ3n) is 4.55. The Balaban J connectivity index is 1.48. The SMILES string of the molecule is O=C(NCC(O)CN1CCc2ccccc2C1)c1cccc(CO)c1. The molecule has 5 heteroatoms. The number of hydrogen-bond donors (Lipinski definition) is 3. The van der Waals surface area contributed by atoms with Crippen molar-refractivity contribution < 1.29 is 15.0 Å².